The van der Waals surface area contributed by atoms with Crippen molar-refractivity contribution in [3.8, 4) is 27.3 Å². The zero-order valence-electron chi connectivity index (χ0n) is 14.4. The molecule has 0 N–H and O–H groups in total. The smallest absolute Gasteiger partial charge is 0.416 e. The third-order valence-electron chi connectivity index (χ3n) is 4.45. The summed E-state index contributed by atoms with van der Waals surface area (Å²) in [5, 5.41) is 1.09. The van der Waals surface area contributed by atoms with Crippen LogP contribution in [0.15, 0.2) is 72.8 Å². The average Bonchev–Trinajstić information content (AvgIpc) is 3.07. The van der Waals surface area contributed by atoms with Crippen LogP contribution in [0.2, 0.25) is 0 Å². The van der Waals surface area contributed by atoms with E-state index in [0.717, 1.165) is 49.5 Å². The fourth-order valence-corrected chi connectivity index (χ4v) is 4.33. The zero-order valence-corrected chi connectivity index (χ0v) is 15.2. The molecule has 0 unspecified atom stereocenters. The van der Waals surface area contributed by atoms with E-state index in [1.807, 2.05) is 48.5 Å². The lowest BCUT2D eigenvalue weighted by Crippen LogP contribution is -2.03. The molecule has 0 aliphatic rings. The molecule has 5 heteroatoms. The molecule has 0 aliphatic heterocycles. The number of rotatable bonds is 3. The molecule has 136 valence electrons. The summed E-state index contributed by atoms with van der Waals surface area (Å²) in [7, 11) is 1.61. The van der Waals surface area contributed by atoms with E-state index in [4.69, 9.17) is 4.74 Å². The van der Waals surface area contributed by atoms with Gasteiger partial charge in [0.15, 0.2) is 0 Å². The quantitative estimate of drug-likeness (QED) is 0.361. The fraction of sp³-hybridized carbons (Fsp3) is 0.0909. The lowest BCUT2D eigenvalue weighted by Gasteiger charge is -2.09. The maximum absolute atomic E-state index is 12.9. The molecule has 27 heavy (non-hydrogen) atoms. The highest BCUT2D eigenvalue weighted by atomic mass is 32.1. The van der Waals surface area contributed by atoms with Gasteiger partial charge in [-0.05, 0) is 41.5 Å². The van der Waals surface area contributed by atoms with Crippen LogP contribution < -0.4 is 4.74 Å². The first-order chi connectivity index (χ1) is 13.0. The van der Waals surface area contributed by atoms with Gasteiger partial charge in [-0.3, -0.25) is 0 Å². The van der Waals surface area contributed by atoms with Crippen LogP contribution in [-0.2, 0) is 6.18 Å². The molecule has 4 rings (SSSR count). The Morgan fingerprint density at radius 3 is 2.04 bits per heavy atom. The number of thiophene rings is 1. The molecule has 1 nitrogen and oxygen atoms in total. The van der Waals surface area contributed by atoms with E-state index < -0.39 is 11.7 Å². The third-order valence-corrected chi connectivity index (χ3v) is 5.67. The summed E-state index contributed by atoms with van der Waals surface area (Å²) in [5.41, 5.74) is 2.16. The van der Waals surface area contributed by atoms with Gasteiger partial charge in [-0.15, -0.1) is 11.3 Å². The molecular weight excluding hydrogens is 369 g/mol. The van der Waals surface area contributed by atoms with Crippen molar-refractivity contribution >= 4 is 21.4 Å². The van der Waals surface area contributed by atoms with Crippen molar-refractivity contribution in [2.45, 2.75) is 6.18 Å². The van der Waals surface area contributed by atoms with Crippen LogP contribution in [0.1, 0.15) is 5.56 Å². The van der Waals surface area contributed by atoms with E-state index >= 15 is 0 Å². The molecule has 0 aliphatic carbocycles. The van der Waals surface area contributed by atoms with Crippen molar-refractivity contribution < 1.29 is 17.9 Å². The molecule has 4 aromatic rings. The van der Waals surface area contributed by atoms with Crippen LogP contribution in [0.25, 0.3) is 31.7 Å². The average molecular weight is 384 g/mol. The Balaban J connectivity index is 1.90. The van der Waals surface area contributed by atoms with Crippen molar-refractivity contribution in [1.82, 2.24) is 0 Å². The Bertz CT molecular complexity index is 1080. The summed E-state index contributed by atoms with van der Waals surface area (Å²) in [6.45, 7) is 0. The van der Waals surface area contributed by atoms with Crippen LogP contribution in [0.5, 0.6) is 5.75 Å². The number of hydrogen-bond acceptors (Lipinski definition) is 2. The van der Waals surface area contributed by atoms with Crippen LogP contribution in [-0.4, -0.2) is 7.11 Å². The maximum atomic E-state index is 12.9. The lowest BCUT2D eigenvalue weighted by molar-refractivity contribution is -0.137. The molecule has 0 spiro atoms. The van der Waals surface area contributed by atoms with Gasteiger partial charge < -0.3 is 4.74 Å². The number of halogens is 3. The first kappa shape index (κ1) is 17.6. The lowest BCUT2D eigenvalue weighted by atomic mass is 9.98. The molecule has 1 aromatic heterocycles. The predicted molar refractivity (Wildman–Crippen MR) is 104 cm³/mol. The number of ether oxygens (including phenoxy) is 1. The molecule has 3 aromatic carbocycles. The van der Waals surface area contributed by atoms with Gasteiger partial charge in [0.05, 0.1) is 12.7 Å². The summed E-state index contributed by atoms with van der Waals surface area (Å²) in [5.74, 6) is 0.759. The van der Waals surface area contributed by atoms with Crippen molar-refractivity contribution in [2.24, 2.45) is 0 Å². The summed E-state index contributed by atoms with van der Waals surface area (Å²) in [6.07, 6.45) is -4.34. The first-order valence-corrected chi connectivity index (χ1v) is 9.12. The second-order valence-electron chi connectivity index (χ2n) is 6.11. The fourth-order valence-electron chi connectivity index (χ4n) is 3.10. The molecule has 0 saturated carbocycles. The SMILES string of the molecule is COc1ccc(-c2c(-c3ccc(C(F)(F)F)cc3)sc3ccccc23)cc1. The van der Waals surface area contributed by atoms with Crippen molar-refractivity contribution in [3.63, 3.8) is 0 Å². The molecular formula is C22H15F3OS. The van der Waals surface area contributed by atoms with Gasteiger partial charge in [-0.2, -0.15) is 13.2 Å². The summed E-state index contributed by atoms with van der Waals surface area (Å²) in [6, 6.07) is 21.1. The van der Waals surface area contributed by atoms with E-state index in [0.29, 0.717) is 0 Å². The zero-order chi connectivity index (χ0) is 19.0. The van der Waals surface area contributed by atoms with Gasteiger partial charge in [0.25, 0.3) is 0 Å². The molecule has 0 saturated heterocycles. The Morgan fingerprint density at radius 1 is 0.778 bits per heavy atom. The molecule has 0 atom stereocenters. The molecule has 0 radical (unpaired) electrons. The van der Waals surface area contributed by atoms with Gasteiger partial charge in [-0.1, -0.05) is 42.5 Å². The van der Waals surface area contributed by atoms with E-state index in [-0.39, 0.29) is 0 Å². The second-order valence-corrected chi connectivity index (χ2v) is 7.16. The monoisotopic (exact) mass is 384 g/mol. The highest BCUT2D eigenvalue weighted by molar-refractivity contribution is 7.23. The van der Waals surface area contributed by atoms with E-state index in [2.05, 4.69) is 0 Å². The Morgan fingerprint density at radius 2 is 1.41 bits per heavy atom. The van der Waals surface area contributed by atoms with Crippen LogP contribution in [0.3, 0.4) is 0 Å². The number of alkyl halides is 3. The van der Waals surface area contributed by atoms with Crippen LogP contribution in [0.4, 0.5) is 13.2 Å². The van der Waals surface area contributed by atoms with Gasteiger partial charge in [0.1, 0.15) is 5.75 Å². The molecule has 1 heterocycles. The van der Waals surface area contributed by atoms with E-state index in [9.17, 15) is 13.2 Å². The van der Waals surface area contributed by atoms with Crippen molar-refractivity contribution in [1.29, 1.82) is 0 Å². The number of benzene rings is 3. The van der Waals surface area contributed by atoms with Gasteiger partial charge in [-0.25, -0.2) is 0 Å². The van der Waals surface area contributed by atoms with Gasteiger partial charge in [0, 0.05) is 20.5 Å². The van der Waals surface area contributed by atoms with E-state index in [1.54, 1.807) is 30.6 Å². The van der Waals surface area contributed by atoms with Crippen LogP contribution in [0, 0.1) is 0 Å². The Kier molecular flexibility index (Phi) is 4.40. The summed E-state index contributed by atoms with van der Waals surface area (Å²) in [4.78, 5) is 0.954. The molecule has 0 fully saturated rings. The first-order valence-electron chi connectivity index (χ1n) is 8.31. The number of hydrogen-bond donors (Lipinski definition) is 0. The minimum absolute atomic E-state index is 0.640. The highest BCUT2D eigenvalue weighted by Gasteiger charge is 2.30. The number of methoxy groups -OCH3 is 1. The summed E-state index contributed by atoms with van der Waals surface area (Å²) < 4.78 is 45.0. The minimum atomic E-state index is -4.34. The van der Waals surface area contributed by atoms with Crippen molar-refractivity contribution in [3.05, 3.63) is 78.4 Å². The van der Waals surface area contributed by atoms with Crippen LogP contribution >= 0.6 is 11.3 Å². The predicted octanol–water partition coefficient (Wildman–Crippen LogP) is 7.26. The topological polar surface area (TPSA) is 9.23 Å². The minimum Gasteiger partial charge on any atom is -0.497 e. The van der Waals surface area contributed by atoms with Gasteiger partial charge in [0.2, 0.25) is 0 Å². The standard InChI is InChI=1S/C22H15F3OS/c1-26-17-12-8-14(9-13-17)20-18-4-2-3-5-19(18)27-21(20)15-6-10-16(11-7-15)22(23,24)25/h2-13H,1H3. The second kappa shape index (κ2) is 6.74. The van der Waals surface area contributed by atoms with Crippen molar-refractivity contribution in [2.75, 3.05) is 7.11 Å². The molecule has 0 bridgehead atoms. The highest BCUT2D eigenvalue weighted by Crippen LogP contribution is 2.45. The summed E-state index contributed by atoms with van der Waals surface area (Å²) >= 11 is 1.58. The number of fused-ring (bicyclic) bond motifs is 1. The largest absolute Gasteiger partial charge is 0.497 e. The normalized spacial score (nSPS) is 11.7. The molecule has 0 amide bonds. The Labute approximate surface area is 158 Å². The third kappa shape index (κ3) is 3.30. The van der Waals surface area contributed by atoms with Gasteiger partial charge >= 0.3 is 6.18 Å². The Hall–Kier alpha value is -2.79. The van der Waals surface area contributed by atoms with E-state index in [1.165, 1.54) is 0 Å². The maximum Gasteiger partial charge on any atom is 0.416 e.